The molecular weight excluding hydrogens is 352 g/mol. The molecule has 112 valence electrons. The van der Waals surface area contributed by atoms with E-state index < -0.39 is 0 Å². The van der Waals surface area contributed by atoms with Crippen molar-refractivity contribution in [3.8, 4) is 12.3 Å². The zero-order valence-electron chi connectivity index (χ0n) is 12.1. The Morgan fingerprint density at radius 1 is 0.870 bits per heavy atom. The van der Waals surface area contributed by atoms with Crippen LogP contribution in [0.5, 0.6) is 0 Å². The molecule has 1 aromatic heterocycles. The molecule has 3 aromatic rings. The summed E-state index contributed by atoms with van der Waals surface area (Å²) in [4.78, 5) is 8.46. The van der Waals surface area contributed by atoms with Crippen LogP contribution in [0, 0.1) is 12.3 Å². The number of rotatable bonds is 4. The summed E-state index contributed by atoms with van der Waals surface area (Å²) in [5, 5.41) is 6.46. The highest BCUT2D eigenvalue weighted by Gasteiger charge is 2.01. The molecule has 0 fully saturated rings. The molecule has 0 saturated carbocycles. The van der Waals surface area contributed by atoms with Gasteiger partial charge >= 0.3 is 0 Å². The van der Waals surface area contributed by atoms with E-state index in [1.54, 1.807) is 0 Å². The molecular formula is C18H13BrN4. The lowest BCUT2D eigenvalue weighted by Gasteiger charge is -2.09. The minimum Gasteiger partial charge on any atom is -0.340 e. The van der Waals surface area contributed by atoms with Crippen molar-refractivity contribution in [1.29, 1.82) is 0 Å². The second-order valence-corrected chi connectivity index (χ2v) is 5.69. The highest BCUT2D eigenvalue weighted by atomic mass is 79.9. The number of terminal acetylenes is 1. The third-order valence-corrected chi connectivity index (χ3v) is 3.56. The molecule has 0 radical (unpaired) electrons. The first kappa shape index (κ1) is 15.1. The van der Waals surface area contributed by atoms with Gasteiger partial charge in [0.25, 0.3) is 0 Å². The SMILES string of the molecule is C#Cc1cccc(Nc2cc(Nc3cccc(Br)c3)ncn2)c1. The van der Waals surface area contributed by atoms with Crippen molar-refractivity contribution in [2.45, 2.75) is 0 Å². The first-order valence-electron chi connectivity index (χ1n) is 6.91. The van der Waals surface area contributed by atoms with Gasteiger partial charge in [-0.15, -0.1) is 6.42 Å². The number of anilines is 4. The van der Waals surface area contributed by atoms with Gasteiger partial charge in [0.2, 0.25) is 0 Å². The first-order chi connectivity index (χ1) is 11.2. The van der Waals surface area contributed by atoms with E-state index in [1.165, 1.54) is 6.33 Å². The van der Waals surface area contributed by atoms with E-state index in [0.717, 1.165) is 21.4 Å². The van der Waals surface area contributed by atoms with E-state index in [9.17, 15) is 0 Å². The summed E-state index contributed by atoms with van der Waals surface area (Å²) in [5.74, 6) is 4.00. The Labute approximate surface area is 143 Å². The van der Waals surface area contributed by atoms with Crippen LogP contribution >= 0.6 is 15.9 Å². The quantitative estimate of drug-likeness (QED) is 0.658. The van der Waals surface area contributed by atoms with Crippen LogP contribution in [0.15, 0.2) is 65.4 Å². The second kappa shape index (κ2) is 6.95. The van der Waals surface area contributed by atoms with Crippen LogP contribution in [0.25, 0.3) is 0 Å². The minimum atomic E-state index is 0.687. The summed E-state index contributed by atoms with van der Waals surface area (Å²) >= 11 is 3.45. The standard InChI is InChI=1S/C18H13BrN4/c1-2-13-5-3-7-15(9-13)22-17-11-18(21-12-20-17)23-16-8-4-6-14(19)10-16/h1,3-12H,(H2,20,21,22,23). The fourth-order valence-electron chi connectivity index (χ4n) is 2.04. The minimum absolute atomic E-state index is 0.687. The number of nitrogens with zero attached hydrogens (tertiary/aromatic N) is 2. The number of benzene rings is 2. The normalized spacial score (nSPS) is 9.91. The fourth-order valence-corrected chi connectivity index (χ4v) is 2.44. The average molecular weight is 365 g/mol. The summed E-state index contributed by atoms with van der Waals surface area (Å²) in [6.07, 6.45) is 6.92. The van der Waals surface area contributed by atoms with Gasteiger partial charge in [-0.25, -0.2) is 9.97 Å². The number of hydrogen-bond acceptors (Lipinski definition) is 4. The number of nitrogens with one attached hydrogen (secondary N) is 2. The molecule has 0 aliphatic carbocycles. The average Bonchev–Trinajstić information content (AvgIpc) is 2.55. The molecule has 0 aliphatic rings. The largest absolute Gasteiger partial charge is 0.340 e. The Bertz CT molecular complexity index is 871. The fraction of sp³-hybridized carbons (Fsp3) is 0. The Morgan fingerprint density at radius 3 is 2.17 bits per heavy atom. The smallest absolute Gasteiger partial charge is 0.135 e. The highest BCUT2D eigenvalue weighted by Crippen LogP contribution is 2.21. The first-order valence-corrected chi connectivity index (χ1v) is 7.70. The molecule has 0 aliphatic heterocycles. The Morgan fingerprint density at radius 2 is 1.52 bits per heavy atom. The summed E-state index contributed by atoms with van der Waals surface area (Å²) in [6, 6.07) is 17.3. The van der Waals surface area contributed by atoms with Crippen molar-refractivity contribution in [2.75, 3.05) is 10.6 Å². The van der Waals surface area contributed by atoms with Crippen molar-refractivity contribution < 1.29 is 0 Å². The van der Waals surface area contributed by atoms with Crippen molar-refractivity contribution in [2.24, 2.45) is 0 Å². The van der Waals surface area contributed by atoms with Gasteiger partial charge in [-0.05, 0) is 36.4 Å². The van der Waals surface area contributed by atoms with Crippen LogP contribution in [0.3, 0.4) is 0 Å². The molecule has 0 atom stereocenters. The Hall–Kier alpha value is -2.84. The molecule has 1 heterocycles. The molecule has 2 aromatic carbocycles. The zero-order chi connectivity index (χ0) is 16.1. The second-order valence-electron chi connectivity index (χ2n) is 4.77. The van der Waals surface area contributed by atoms with Crippen LogP contribution in [0.1, 0.15) is 5.56 Å². The van der Waals surface area contributed by atoms with Crippen molar-refractivity contribution in [3.63, 3.8) is 0 Å². The molecule has 23 heavy (non-hydrogen) atoms. The summed E-state index contributed by atoms with van der Waals surface area (Å²) < 4.78 is 1.00. The predicted molar refractivity (Wildman–Crippen MR) is 97.1 cm³/mol. The van der Waals surface area contributed by atoms with E-state index >= 15 is 0 Å². The molecule has 0 unspecified atom stereocenters. The van der Waals surface area contributed by atoms with Crippen LogP contribution in [0.2, 0.25) is 0 Å². The lowest BCUT2D eigenvalue weighted by Crippen LogP contribution is -1.98. The van der Waals surface area contributed by atoms with Crippen LogP contribution in [-0.2, 0) is 0 Å². The lowest BCUT2D eigenvalue weighted by molar-refractivity contribution is 1.17. The summed E-state index contributed by atoms with van der Waals surface area (Å²) in [6.45, 7) is 0. The van der Waals surface area contributed by atoms with Crippen molar-refractivity contribution in [3.05, 3.63) is 71.0 Å². The number of hydrogen-bond donors (Lipinski definition) is 2. The Kier molecular flexibility index (Phi) is 4.55. The van der Waals surface area contributed by atoms with E-state index in [4.69, 9.17) is 6.42 Å². The van der Waals surface area contributed by atoms with Crippen LogP contribution in [-0.4, -0.2) is 9.97 Å². The molecule has 3 rings (SSSR count). The topological polar surface area (TPSA) is 49.8 Å². The van der Waals surface area contributed by atoms with Gasteiger partial charge in [0.15, 0.2) is 0 Å². The van der Waals surface area contributed by atoms with E-state index in [0.29, 0.717) is 11.6 Å². The number of halogens is 1. The maximum absolute atomic E-state index is 5.42. The summed E-state index contributed by atoms with van der Waals surface area (Å²) in [5.41, 5.74) is 2.64. The van der Waals surface area contributed by atoms with Gasteiger partial charge in [0.05, 0.1) is 0 Å². The molecule has 0 spiro atoms. The van der Waals surface area contributed by atoms with Crippen molar-refractivity contribution >= 4 is 38.9 Å². The van der Waals surface area contributed by atoms with E-state index in [1.807, 2.05) is 54.6 Å². The third kappa shape index (κ3) is 4.09. The monoisotopic (exact) mass is 364 g/mol. The van der Waals surface area contributed by atoms with Crippen LogP contribution in [0.4, 0.5) is 23.0 Å². The van der Waals surface area contributed by atoms with Gasteiger partial charge in [0.1, 0.15) is 18.0 Å². The number of aromatic nitrogens is 2. The van der Waals surface area contributed by atoms with E-state index in [-0.39, 0.29) is 0 Å². The van der Waals surface area contributed by atoms with Gasteiger partial charge in [-0.2, -0.15) is 0 Å². The maximum atomic E-state index is 5.42. The van der Waals surface area contributed by atoms with Crippen molar-refractivity contribution in [1.82, 2.24) is 9.97 Å². The Balaban J connectivity index is 1.78. The zero-order valence-corrected chi connectivity index (χ0v) is 13.7. The maximum Gasteiger partial charge on any atom is 0.135 e. The summed E-state index contributed by atoms with van der Waals surface area (Å²) in [7, 11) is 0. The predicted octanol–water partition coefficient (Wildman–Crippen LogP) is 4.71. The molecule has 5 heteroatoms. The van der Waals surface area contributed by atoms with Gasteiger partial charge < -0.3 is 10.6 Å². The van der Waals surface area contributed by atoms with E-state index in [2.05, 4.69) is 42.5 Å². The molecule has 2 N–H and O–H groups in total. The molecule has 4 nitrogen and oxygen atoms in total. The van der Waals surface area contributed by atoms with Gasteiger partial charge in [-0.3, -0.25) is 0 Å². The highest BCUT2D eigenvalue weighted by molar-refractivity contribution is 9.10. The molecule has 0 amide bonds. The third-order valence-electron chi connectivity index (χ3n) is 3.07. The lowest BCUT2D eigenvalue weighted by atomic mass is 10.2. The molecule has 0 bridgehead atoms. The van der Waals surface area contributed by atoms with Gasteiger partial charge in [0, 0.05) is 27.5 Å². The molecule has 0 saturated heterocycles. The van der Waals surface area contributed by atoms with Crippen LogP contribution < -0.4 is 10.6 Å². The van der Waals surface area contributed by atoms with Gasteiger partial charge in [-0.1, -0.05) is 34.0 Å².